The molecule has 0 bridgehead atoms. The van der Waals surface area contributed by atoms with Crippen molar-refractivity contribution in [3.8, 4) is 0 Å². The predicted octanol–water partition coefficient (Wildman–Crippen LogP) is 2.59. The molecule has 0 aliphatic carbocycles. The van der Waals surface area contributed by atoms with Crippen molar-refractivity contribution in [2.45, 2.75) is 13.0 Å². The highest BCUT2D eigenvalue weighted by molar-refractivity contribution is 7.19. The second-order valence-corrected chi connectivity index (χ2v) is 8.72. The number of aryl methyl sites for hydroxylation is 2. The first-order valence-electron chi connectivity index (χ1n) is 9.81. The minimum Gasteiger partial charge on any atom is -0.323 e. The van der Waals surface area contributed by atoms with Crippen LogP contribution in [0.3, 0.4) is 0 Å². The van der Waals surface area contributed by atoms with Crippen molar-refractivity contribution < 1.29 is 0 Å². The summed E-state index contributed by atoms with van der Waals surface area (Å²) in [7, 11) is 3.79. The highest BCUT2D eigenvalue weighted by Gasteiger charge is 2.19. The zero-order valence-electron chi connectivity index (χ0n) is 16.9. The lowest BCUT2D eigenvalue weighted by atomic mass is 10.1. The Morgan fingerprint density at radius 3 is 2.84 bits per heavy atom. The summed E-state index contributed by atoms with van der Waals surface area (Å²) in [6, 6.07) is 5.91. The number of fused-ring (bicyclic) bond motifs is 4. The van der Waals surface area contributed by atoms with E-state index in [1.807, 2.05) is 49.3 Å². The molecular formula is C21H18N8OS. The zero-order chi connectivity index (χ0) is 21.1. The number of thiazole rings is 1. The summed E-state index contributed by atoms with van der Waals surface area (Å²) in [5.41, 5.74) is 4.35. The summed E-state index contributed by atoms with van der Waals surface area (Å²) in [4.78, 5) is 18.1. The Labute approximate surface area is 179 Å². The number of nitrogens with one attached hydrogen (secondary N) is 1. The van der Waals surface area contributed by atoms with Gasteiger partial charge in [-0.3, -0.25) is 14.6 Å². The highest BCUT2D eigenvalue weighted by atomic mass is 32.1. The Hall–Kier alpha value is -3.79. The van der Waals surface area contributed by atoms with E-state index in [1.54, 1.807) is 28.4 Å². The van der Waals surface area contributed by atoms with Crippen LogP contribution in [0.1, 0.15) is 16.1 Å². The van der Waals surface area contributed by atoms with Crippen LogP contribution < -0.4 is 5.56 Å². The molecular weight excluding hydrogens is 412 g/mol. The second-order valence-electron chi connectivity index (χ2n) is 7.64. The number of rotatable bonds is 4. The molecule has 5 heterocycles. The van der Waals surface area contributed by atoms with Gasteiger partial charge in [0, 0.05) is 37.5 Å². The molecule has 6 rings (SSSR count). The van der Waals surface area contributed by atoms with E-state index >= 15 is 0 Å². The lowest BCUT2D eigenvalue weighted by molar-refractivity contribution is 0.647. The van der Waals surface area contributed by atoms with Crippen LogP contribution in [0.25, 0.3) is 32.2 Å². The number of hydrogen-bond acceptors (Lipinski definition) is 6. The summed E-state index contributed by atoms with van der Waals surface area (Å²) in [5.74, 6) is 0. The standard InChI is InChI=1S/C21H18N8OS/c1-27-10-12(7-23-27)6-17-25-20-19(31-17)15-9-24-29(21(30)18(15)28(20)2)11-13-4-3-5-16-14(13)8-22-26-16/h3-5,7-10H,6,11H2,1-2H3,(H,22,26). The normalized spacial score (nSPS) is 11.9. The maximum atomic E-state index is 13.3. The Balaban J connectivity index is 1.43. The van der Waals surface area contributed by atoms with Gasteiger partial charge in [-0.15, -0.1) is 11.3 Å². The van der Waals surface area contributed by atoms with Crippen LogP contribution in [0.4, 0.5) is 0 Å². The molecule has 0 atom stereocenters. The van der Waals surface area contributed by atoms with E-state index in [9.17, 15) is 4.79 Å². The number of hydrogen-bond donors (Lipinski definition) is 1. The fourth-order valence-corrected chi connectivity index (χ4v) is 5.23. The smallest absolute Gasteiger partial charge is 0.291 e. The molecule has 0 fully saturated rings. The average Bonchev–Trinajstić information content (AvgIpc) is 3.52. The molecule has 0 saturated heterocycles. The summed E-state index contributed by atoms with van der Waals surface area (Å²) in [5, 5.41) is 18.6. The van der Waals surface area contributed by atoms with Gasteiger partial charge in [-0.1, -0.05) is 12.1 Å². The minimum atomic E-state index is -0.125. The molecule has 6 aromatic rings. The van der Waals surface area contributed by atoms with Crippen molar-refractivity contribution in [1.29, 1.82) is 0 Å². The van der Waals surface area contributed by atoms with E-state index in [2.05, 4.69) is 20.4 Å². The minimum absolute atomic E-state index is 0.125. The van der Waals surface area contributed by atoms with Gasteiger partial charge in [0.2, 0.25) is 0 Å². The van der Waals surface area contributed by atoms with Gasteiger partial charge in [-0.05, 0) is 17.2 Å². The van der Waals surface area contributed by atoms with Crippen molar-refractivity contribution in [3.05, 3.63) is 69.5 Å². The maximum Gasteiger partial charge on any atom is 0.291 e. The SMILES string of the molecule is Cn1cc(Cc2nc3c(s2)c2cnn(Cc4cccc5[nH]ncc45)c(=O)c2n3C)cn1. The largest absolute Gasteiger partial charge is 0.323 e. The van der Waals surface area contributed by atoms with E-state index < -0.39 is 0 Å². The fraction of sp³-hybridized carbons (Fsp3) is 0.190. The van der Waals surface area contributed by atoms with Gasteiger partial charge in [-0.25, -0.2) is 9.67 Å². The molecule has 0 aliphatic heterocycles. The molecule has 0 radical (unpaired) electrons. The molecule has 5 aromatic heterocycles. The van der Waals surface area contributed by atoms with Crippen molar-refractivity contribution in [1.82, 2.24) is 39.3 Å². The van der Waals surface area contributed by atoms with Gasteiger partial charge in [0.05, 0.1) is 35.4 Å². The van der Waals surface area contributed by atoms with Gasteiger partial charge in [0.25, 0.3) is 5.56 Å². The zero-order valence-corrected chi connectivity index (χ0v) is 17.7. The first-order valence-corrected chi connectivity index (χ1v) is 10.6. The van der Waals surface area contributed by atoms with E-state index in [-0.39, 0.29) is 5.56 Å². The predicted molar refractivity (Wildman–Crippen MR) is 119 cm³/mol. The van der Waals surface area contributed by atoms with Crippen molar-refractivity contribution in [2.24, 2.45) is 14.1 Å². The topological polar surface area (TPSA) is 99.2 Å². The second kappa shape index (κ2) is 6.61. The van der Waals surface area contributed by atoms with Crippen molar-refractivity contribution >= 4 is 43.5 Å². The Kier molecular flexibility index (Phi) is 3.84. The van der Waals surface area contributed by atoms with Crippen LogP contribution in [0.15, 0.2) is 47.8 Å². The molecule has 9 nitrogen and oxygen atoms in total. The van der Waals surface area contributed by atoms with Gasteiger partial charge >= 0.3 is 0 Å². The number of H-pyrrole nitrogens is 1. The third-order valence-corrected chi connectivity index (χ3v) is 6.66. The summed E-state index contributed by atoms with van der Waals surface area (Å²) in [6.07, 6.45) is 8.12. The molecule has 1 N–H and O–H groups in total. The molecule has 0 amide bonds. The first-order chi connectivity index (χ1) is 15.1. The highest BCUT2D eigenvalue weighted by Crippen LogP contribution is 2.31. The monoisotopic (exact) mass is 430 g/mol. The molecule has 1 aromatic carbocycles. The van der Waals surface area contributed by atoms with Crippen molar-refractivity contribution in [3.63, 3.8) is 0 Å². The number of nitrogens with zero attached hydrogens (tertiary/aromatic N) is 7. The van der Waals surface area contributed by atoms with Crippen LogP contribution in [-0.4, -0.2) is 39.3 Å². The molecule has 31 heavy (non-hydrogen) atoms. The third-order valence-electron chi connectivity index (χ3n) is 5.58. The van der Waals surface area contributed by atoms with Crippen molar-refractivity contribution in [2.75, 3.05) is 0 Å². The van der Waals surface area contributed by atoms with E-state index in [0.29, 0.717) is 18.5 Å². The Morgan fingerprint density at radius 2 is 2.00 bits per heavy atom. The van der Waals surface area contributed by atoms with E-state index in [0.717, 1.165) is 42.8 Å². The van der Waals surface area contributed by atoms with Gasteiger partial charge in [0.1, 0.15) is 10.5 Å². The average molecular weight is 430 g/mol. The molecule has 0 aliphatic rings. The molecule has 0 saturated carbocycles. The number of aromatic amines is 1. The van der Waals surface area contributed by atoms with Gasteiger partial charge in [-0.2, -0.15) is 15.3 Å². The first kappa shape index (κ1) is 18.0. The molecule has 10 heteroatoms. The number of benzene rings is 1. The Morgan fingerprint density at radius 1 is 1.10 bits per heavy atom. The van der Waals surface area contributed by atoms with Crippen LogP contribution in [-0.2, 0) is 27.1 Å². The summed E-state index contributed by atoms with van der Waals surface area (Å²) >= 11 is 1.60. The Bertz CT molecular complexity index is 1650. The summed E-state index contributed by atoms with van der Waals surface area (Å²) in [6.45, 7) is 0.379. The van der Waals surface area contributed by atoms with Gasteiger partial charge in [0.15, 0.2) is 5.65 Å². The van der Waals surface area contributed by atoms with Crippen LogP contribution in [0.2, 0.25) is 0 Å². The maximum absolute atomic E-state index is 13.3. The van der Waals surface area contributed by atoms with Gasteiger partial charge < -0.3 is 4.57 Å². The van der Waals surface area contributed by atoms with E-state index in [1.165, 1.54) is 4.68 Å². The quantitative estimate of drug-likeness (QED) is 0.463. The molecule has 0 unspecified atom stereocenters. The number of aromatic nitrogens is 8. The molecule has 154 valence electrons. The van der Waals surface area contributed by atoms with Crippen LogP contribution >= 0.6 is 11.3 Å². The molecule has 0 spiro atoms. The van der Waals surface area contributed by atoms with E-state index in [4.69, 9.17) is 4.98 Å². The third kappa shape index (κ3) is 2.79. The van der Waals surface area contributed by atoms with Crippen LogP contribution in [0, 0.1) is 0 Å². The van der Waals surface area contributed by atoms with Crippen LogP contribution in [0.5, 0.6) is 0 Å². The summed E-state index contributed by atoms with van der Waals surface area (Å²) < 4.78 is 6.16. The lowest BCUT2D eigenvalue weighted by Gasteiger charge is -2.07. The fourth-order valence-electron chi connectivity index (χ4n) is 4.09. The lowest BCUT2D eigenvalue weighted by Crippen LogP contribution is -2.24.